The molecule has 2 aromatic carbocycles. The molecule has 3 heteroatoms. The van der Waals surface area contributed by atoms with Crippen molar-refractivity contribution in [2.24, 2.45) is 4.99 Å². The summed E-state index contributed by atoms with van der Waals surface area (Å²) in [4.78, 5) is 9.09. The maximum absolute atomic E-state index is 4.65. The fourth-order valence-corrected chi connectivity index (χ4v) is 2.84. The quantitative estimate of drug-likeness (QED) is 0.768. The highest BCUT2D eigenvalue weighted by Crippen LogP contribution is 2.38. The van der Waals surface area contributed by atoms with E-state index in [4.69, 9.17) is 0 Å². The highest BCUT2D eigenvalue weighted by atomic mass is 15.1. The zero-order chi connectivity index (χ0) is 14.8. The molecule has 0 fully saturated rings. The first-order valence-corrected chi connectivity index (χ1v) is 7.28. The molecule has 0 spiro atoms. The summed E-state index contributed by atoms with van der Waals surface area (Å²) in [5, 5.41) is 3.58. The Hall–Kier alpha value is -2.94. The smallest absolute Gasteiger partial charge is 0.153 e. The van der Waals surface area contributed by atoms with Gasteiger partial charge in [-0.05, 0) is 23.3 Å². The fourth-order valence-electron chi connectivity index (χ4n) is 2.84. The molecule has 0 saturated carbocycles. The molecule has 1 aromatic heterocycles. The van der Waals surface area contributed by atoms with Crippen molar-refractivity contribution >= 4 is 17.7 Å². The van der Waals surface area contributed by atoms with Gasteiger partial charge in [-0.15, -0.1) is 0 Å². The summed E-state index contributed by atoms with van der Waals surface area (Å²) in [7, 11) is 0. The van der Waals surface area contributed by atoms with E-state index in [-0.39, 0.29) is 0 Å². The molecule has 4 rings (SSSR count). The number of nitrogens with one attached hydrogen (secondary N) is 1. The Morgan fingerprint density at radius 2 is 1.36 bits per heavy atom. The van der Waals surface area contributed by atoms with Crippen LogP contribution in [0.15, 0.2) is 84.0 Å². The summed E-state index contributed by atoms with van der Waals surface area (Å²) in [6, 6.07) is 24.5. The largest absolute Gasteiger partial charge is 0.350 e. The zero-order valence-corrected chi connectivity index (χ0v) is 12.0. The van der Waals surface area contributed by atoms with Gasteiger partial charge >= 0.3 is 0 Å². The normalized spacial score (nSPS) is 14.9. The summed E-state index contributed by atoms with van der Waals surface area (Å²) in [5.74, 6) is 0.803. The topological polar surface area (TPSA) is 37.3 Å². The van der Waals surface area contributed by atoms with Gasteiger partial charge in [0.25, 0.3) is 0 Å². The lowest BCUT2D eigenvalue weighted by molar-refractivity contribution is 0.793. The Balaban J connectivity index is 1.93. The van der Waals surface area contributed by atoms with E-state index in [2.05, 4.69) is 39.6 Å². The van der Waals surface area contributed by atoms with Gasteiger partial charge in [-0.3, -0.25) is 4.99 Å². The molecule has 0 aliphatic carbocycles. The number of pyridine rings is 1. The molecular formula is C19H15N3. The van der Waals surface area contributed by atoms with Gasteiger partial charge in [0.1, 0.15) is 11.2 Å². The van der Waals surface area contributed by atoms with Crippen LogP contribution >= 0.6 is 0 Å². The Morgan fingerprint density at radius 1 is 0.727 bits per heavy atom. The fraction of sp³-hybridized carbons (Fsp3) is 0.0526. The Bertz CT molecular complexity index is 771. The Morgan fingerprint density at radius 3 is 2.00 bits per heavy atom. The van der Waals surface area contributed by atoms with Gasteiger partial charge < -0.3 is 5.32 Å². The van der Waals surface area contributed by atoms with Gasteiger partial charge in [0.15, 0.2) is 5.82 Å². The predicted molar refractivity (Wildman–Crippen MR) is 89.7 cm³/mol. The van der Waals surface area contributed by atoms with Crippen LogP contribution in [-0.2, 0) is 5.54 Å². The van der Waals surface area contributed by atoms with Gasteiger partial charge in [0.2, 0.25) is 0 Å². The molecule has 1 aliphatic rings. The predicted octanol–water partition coefficient (Wildman–Crippen LogP) is 4.15. The number of aliphatic imine (C=N–C) groups is 1. The van der Waals surface area contributed by atoms with Crippen LogP contribution in [0, 0.1) is 0 Å². The minimum absolute atomic E-state index is 0.496. The third kappa shape index (κ3) is 1.99. The van der Waals surface area contributed by atoms with E-state index in [1.165, 1.54) is 0 Å². The monoisotopic (exact) mass is 285 g/mol. The molecule has 0 unspecified atom stereocenters. The second-order valence-electron chi connectivity index (χ2n) is 5.29. The summed E-state index contributed by atoms with van der Waals surface area (Å²) in [6.07, 6.45) is 3.76. The second kappa shape index (κ2) is 5.11. The summed E-state index contributed by atoms with van der Waals surface area (Å²) in [5.41, 5.74) is 2.65. The van der Waals surface area contributed by atoms with Crippen molar-refractivity contribution in [3.8, 4) is 0 Å². The molecule has 0 amide bonds. The Labute approximate surface area is 129 Å². The minimum atomic E-state index is -0.496. The molecular weight excluding hydrogens is 270 g/mol. The molecule has 3 nitrogen and oxygen atoms in total. The first-order chi connectivity index (χ1) is 10.9. The SMILES string of the molecule is C1=Nc2cccnc2NC1(c1ccccc1)c1ccccc1. The van der Waals surface area contributed by atoms with E-state index in [1.807, 2.05) is 54.7 Å². The number of fused-ring (bicyclic) bond motifs is 1. The maximum atomic E-state index is 4.65. The number of benzene rings is 2. The number of hydrogen-bond donors (Lipinski definition) is 1. The maximum Gasteiger partial charge on any atom is 0.153 e. The lowest BCUT2D eigenvalue weighted by Gasteiger charge is -2.35. The number of anilines is 1. The van der Waals surface area contributed by atoms with Crippen LogP contribution in [0.2, 0.25) is 0 Å². The molecule has 0 atom stereocenters. The Kier molecular flexibility index (Phi) is 2.97. The van der Waals surface area contributed by atoms with E-state index in [1.54, 1.807) is 6.20 Å². The third-order valence-electron chi connectivity index (χ3n) is 3.96. The van der Waals surface area contributed by atoms with Crippen molar-refractivity contribution in [2.75, 3.05) is 5.32 Å². The van der Waals surface area contributed by atoms with Gasteiger partial charge in [-0.25, -0.2) is 4.98 Å². The van der Waals surface area contributed by atoms with Crippen LogP contribution < -0.4 is 5.32 Å². The van der Waals surface area contributed by atoms with E-state index in [0.717, 1.165) is 22.6 Å². The van der Waals surface area contributed by atoms with E-state index in [0.29, 0.717) is 0 Å². The van der Waals surface area contributed by atoms with E-state index < -0.39 is 5.54 Å². The molecule has 106 valence electrons. The summed E-state index contributed by atoms with van der Waals surface area (Å²) < 4.78 is 0. The average Bonchev–Trinajstić information content (AvgIpc) is 2.63. The van der Waals surface area contributed by atoms with Crippen molar-refractivity contribution in [3.63, 3.8) is 0 Å². The van der Waals surface area contributed by atoms with Crippen LogP contribution in [0.1, 0.15) is 11.1 Å². The summed E-state index contributed by atoms with van der Waals surface area (Å²) in [6.45, 7) is 0. The molecule has 3 aromatic rings. The summed E-state index contributed by atoms with van der Waals surface area (Å²) >= 11 is 0. The van der Waals surface area contributed by atoms with Crippen LogP contribution in [0.5, 0.6) is 0 Å². The van der Waals surface area contributed by atoms with Crippen molar-refractivity contribution in [1.29, 1.82) is 0 Å². The number of hydrogen-bond acceptors (Lipinski definition) is 3. The van der Waals surface area contributed by atoms with Crippen molar-refractivity contribution in [1.82, 2.24) is 4.98 Å². The number of rotatable bonds is 2. The molecule has 2 heterocycles. The molecule has 1 N–H and O–H groups in total. The highest BCUT2D eigenvalue weighted by Gasteiger charge is 2.35. The van der Waals surface area contributed by atoms with Crippen LogP contribution in [-0.4, -0.2) is 11.2 Å². The van der Waals surface area contributed by atoms with Crippen LogP contribution in [0.25, 0.3) is 0 Å². The average molecular weight is 285 g/mol. The first kappa shape index (κ1) is 12.8. The van der Waals surface area contributed by atoms with E-state index in [9.17, 15) is 0 Å². The van der Waals surface area contributed by atoms with Crippen molar-refractivity contribution in [2.45, 2.75) is 5.54 Å². The van der Waals surface area contributed by atoms with Crippen LogP contribution in [0.4, 0.5) is 11.5 Å². The molecule has 1 aliphatic heterocycles. The van der Waals surface area contributed by atoms with Gasteiger partial charge in [-0.2, -0.15) is 0 Å². The van der Waals surface area contributed by atoms with Crippen molar-refractivity contribution < 1.29 is 0 Å². The standard InChI is InChI=1S/C19H15N3/c1-3-8-15(9-4-1)19(16-10-5-2-6-11-16)14-21-17-12-7-13-20-18(17)22-19/h1-14H,(H,20,22). The van der Waals surface area contributed by atoms with E-state index >= 15 is 0 Å². The molecule has 0 bridgehead atoms. The molecule has 0 saturated heterocycles. The lowest BCUT2D eigenvalue weighted by atomic mass is 9.83. The minimum Gasteiger partial charge on any atom is -0.350 e. The third-order valence-corrected chi connectivity index (χ3v) is 3.96. The van der Waals surface area contributed by atoms with Crippen LogP contribution in [0.3, 0.4) is 0 Å². The second-order valence-corrected chi connectivity index (χ2v) is 5.29. The number of nitrogens with zero attached hydrogens (tertiary/aromatic N) is 2. The van der Waals surface area contributed by atoms with Gasteiger partial charge in [0.05, 0.1) is 0 Å². The zero-order valence-electron chi connectivity index (χ0n) is 12.0. The lowest BCUT2D eigenvalue weighted by Crippen LogP contribution is -2.40. The molecule has 0 radical (unpaired) electrons. The van der Waals surface area contributed by atoms with Crippen molar-refractivity contribution in [3.05, 3.63) is 90.1 Å². The highest BCUT2D eigenvalue weighted by molar-refractivity contribution is 5.90. The van der Waals surface area contributed by atoms with Gasteiger partial charge in [-0.1, -0.05) is 60.7 Å². The number of aromatic nitrogens is 1. The first-order valence-electron chi connectivity index (χ1n) is 7.28. The molecule has 22 heavy (non-hydrogen) atoms. The van der Waals surface area contributed by atoms with Gasteiger partial charge in [0, 0.05) is 12.4 Å².